The monoisotopic (exact) mass is 250 g/mol. The van der Waals surface area contributed by atoms with Crippen molar-refractivity contribution in [3.8, 4) is 0 Å². The van der Waals surface area contributed by atoms with Crippen molar-refractivity contribution in [3.05, 3.63) is 35.4 Å². The van der Waals surface area contributed by atoms with Crippen molar-refractivity contribution < 1.29 is 0 Å². The first-order valence-corrected chi connectivity index (χ1v) is 6.52. The molecule has 0 fully saturated rings. The van der Waals surface area contributed by atoms with Crippen LogP contribution in [0.2, 0.25) is 0 Å². The van der Waals surface area contributed by atoms with Gasteiger partial charge in [-0.25, -0.2) is 0 Å². The summed E-state index contributed by atoms with van der Waals surface area (Å²) in [6.07, 6.45) is 3.11. The van der Waals surface area contributed by atoms with Crippen molar-refractivity contribution in [1.29, 1.82) is 0 Å². The zero-order valence-corrected chi connectivity index (χ0v) is 11.6. The van der Waals surface area contributed by atoms with Gasteiger partial charge in [0.25, 0.3) is 0 Å². The second kappa shape index (κ2) is 7.41. The Morgan fingerprint density at radius 1 is 1.29 bits per heavy atom. The maximum Gasteiger partial charge on any atom is 0.0727 e. The van der Waals surface area contributed by atoms with Crippen molar-refractivity contribution in [1.82, 2.24) is 4.90 Å². The molecule has 0 aliphatic heterocycles. The minimum atomic E-state index is 0.631. The Morgan fingerprint density at radius 3 is 2.65 bits per heavy atom. The topological polar surface area (TPSA) is 29.3 Å². The average Bonchev–Trinajstić information content (AvgIpc) is 2.27. The third kappa shape index (κ3) is 5.80. The molecule has 0 atom stereocenters. The van der Waals surface area contributed by atoms with Gasteiger partial charge in [-0.15, -0.1) is 0 Å². The van der Waals surface area contributed by atoms with Gasteiger partial charge in [-0.1, -0.05) is 36.5 Å². The highest BCUT2D eigenvalue weighted by Gasteiger charge is 2.02. The van der Waals surface area contributed by atoms with E-state index in [0.29, 0.717) is 4.99 Å². The Labute approximate surface area is 110 Å². The van der Waals surface area contributed by atoms with E-state index in [9.17, 15) is 0 Å². The highest BCUT2D eigenvalue weighted by molar-refractivity contribution is 7.80. The molecule has 0 unspecified atom stereocenters. The van der Waals surface area contributed by atoms with Crippen LogP contribution in [0.3, 0.4) is 0 Å². The number of rotatable bonds is 7. The lowest BCUT2D eigenvalue weighted by atomic mass is 10.1. The molecule has 0 amide bonds. The van der Waals surface area contributed by atoms with Gasteiger partial charge in [-0.05, 0) is 50.9 Å². The van der Waals surface area contributed by atoms with Crippen molar-refractivity contribution in [3.63, 3.8) is 0 Å². The highest BCUT2D eigenvalue weighted by atomic mass is 32.1. The van der Waals surface area contributed by atoms with Gasteiger partial charge in [0.05, 0.1) is 4.99 Å². The van der Waals surface area contributed by atoms with Gasteiger partial charge < -0.3 is 10.6 Å². The Balaban J connectivity index is 2.27. The lowest BCUT2D eigenvalue weighted by Gasteiger charge is -2.17. The molecule has 94 valence electrons. The number of hydrogen-bond acceptors (Lipinski definition) is 2. The Morgan fingerprint density at radius 2 is 2.00 bits per heavy atom. The van der Waals surface area contributed by atoms with Gasteiger partial charge in [-0.3, -0.25) is 0 Å². The summed E-state index contributed by atoms with van der Waals surface area (Å²) >= 11 is 4.86. The zero-order chi connectivity index (χ0) is 12.7. The molecule has 0 aromatic heterocycles. The second-order valence-corrected chi connectivity index (χ2v) is 5.11. The van der Waals surface area contributed by atoms with Crippen LogP contribution < -0.4 is 5.73 Å². The number of nitrogens with two attached hydrogens (primary N) is 1. The first-order valence-electron chi connectivity index (χ1n) is 6.11. The molecule has 17 heavy (non-hydrogen) atoms. The second-order valence-electron chi connectivity index (χ2n) is 4.59. The molecule has 0 aliphatic carbocycles. The Kier molecular flexibility index (Phi) is 6.16. The van der Waals surface area contributed by atoms with Gasteiger partial charge in [-0.2, -0.15) is 0 Å². The zero-order valence-electron chi connectivity index (χ0n) is 10.8. The van der Waals surface area contributed by atoms with Crippen LogP contribution in [-0.2, 0) is 6.54 Å². The molecule has 0 radical (unpaired) electrons. The number of nitrogens with zero attached hydrogens (tertiary/aromatic N) is 1. The fraction of sp³-hybridized carbons (Fsp3) is 0.500. The summed E-state index contributed by atoms with van der Waals surface area (Å²) in [6, 6.07) is 8.54. The normalized spacial score (nSPS) is 10.8. The van der Waals surface area contributed by atoms with Crippen LogP contribution in [0.4, 0.5) is 0 Å². The number of hydrogen-bond donors (Lipinski definition) is 1. The summed E-state index contributed by atoms with van der Waals surface area (Å²) in [4.78, 5) is 2.98. The van der Waals surface area contributed by atoms with Crippen LogP contribution in [0.15, 0.2) is 24.3 Å². The van der Waals surface area contributed by atoms with E-state index in [1.807, 2.05) is 0 Å². The minimum absolute atomic E-state index is 0.631. The van der Waals surface area contributed by atoms with Crippen molar-refractivity contribution >= 4 is 17.2 Å². The minimum Gasteiger partial charge on any atom is -0.393 e. The fourth-order valence-electron chi connectivity index (χ4n) is 1.84. The quantitative estimate of drug-likeness (QED) is 0.596. The molecule has 1 aromatic rings. The first-order chi connectivity index (χ1) is 8.09. The van der Waals surface area contributed by atoms with Crippen molar-refractivity contribution in [2.45, 2.75) is 32.7 Å². The predicted octanol–water partition coefficient (Wildman–Crippen LogP) is 2.88. The van der Waals surface area contributed by atoms with Crippen molar-refractivity contribution in [2.24, 2.45) is 5.73 Å². The summed E-state index contributed by atoms with van der Waals surface area (Å²) < 4.78 is 0. The highest BCUT2D eigenvalue weighted by Crippen LogP contribution is 2.10. The molecule has 1 aromatic carbocycles. The first kappa shape index (κ1) is 14.1. The van der Waals surface area contributed by atoms with E-state index in [0.717, 1.165) is 32.4 Å². The van der Waals surface area contributed by atoms with Crippen LogP contribution in [0, 0.1) is 6.92 Å². The van der Waals surface area contributed by atoms with Crippen molar-refractivity contribution in [2.75, 3.05) is 13.6 Å². The predicted molar refractivity (Wildman–Crippen MR) is 78.1 cm³/mol. The number of benzene rings is 1. The number of thiocarbonyl (C=S) groups is 1. The molecule has 0 aliphatic rings. The Bertz CT molecular complexity index is 363. The van der Waals surface area contributed by atoms with Crippen LogP contribution in [0.25, 0.3) is 0 Å². The van der Waals surface area contributed by atoms with Crippen LogP contribution in [0.5, 0.6) is 0 Å². The lowest BCUT2D eigenvalue weighted by molar-refractivity contribution is 0.319. The van der Waals surface area contributed by atoms with Crippen LogP contribution in [0.1, 0.15) is 30.4 Å². The molecule has 1 rings (SSSR count). The average molecular weight is 250 g/mol. The van der Waals surface area contributed by atoms with E-state index in [1.54, 1.807) is 0 Å². The lowest BCUT2D eigenvalue weighted by Crippen LogP contribution is -2.20. The van der Waals surface area contributed by atoms with Gasteiger partial charge >= 0.3 is 0 Å². The smallest absolute Gasteiger partial charge is 0.0727 e. The van der Waals surface area contributed by atoms with E-state index < -0.39 is 0 Å². The molecule has 0 heterocycles. The van der Waals surface area contributed by atoms with Gasteiger partial charge in [0.15, 0.2) is 0 Å². The number of aryl methyl sites for hydroxylation is 1. The molecular weight excluding hydrogens is 228 g/mol. The summed E-state index contributed by atoms with van der Waals surface area (Å²) in [5, 5.41) is 0. The molecule has 2 N–H and O–H groups in total. The summed E-state index contributed by atoms with van der Waals surface area (Å²) in [5.41, 5.74) is 8.24. The Hall–Kier alpha value is -0.930. The van der Waals surface area contributed by atoms with Crippen LogP contribution >= 0.6 is 12.2 Å². The van der Waals surface area contributed by atoms with Gasteiger partial charge in [0, 0.05) is 6.54 Å². The van der Waals surface area contributed by atoms with Gasteiger partial charge in [0.2, 0.25) is 0 Å². The summed E-state index contributed by atoms with van der Waals surface area (Å²) in [7, 11) is 2.16. The third-order valence-corrected chi connectivity index (χ3v) is 3.12. The molecule has 3 heteroatoms. The number of unbranched alkanes of at least 4 members (excludes halogenated alkanes) is 1. The van der Waals surface area contributed by atoms with Crippen LogP contribution in [-0.4, -0.2) is 23.5 Å². The SMILES string of the molecule is Cc1ccccc1CN(C)CCCCC(N)=S. The molecule has 2 nitrogen and oxygen atoms in total. The standard InChI is InChI=1S/C14H22N2S/c1-12-7-3-4-8-13(12)11-16(2)10-6-5-9-14(15)17/h3-4,7-8H,5-6,9-11H2,1-2H3,(H2,15,17). The maximum absolute atomic E-state index is 5.47. The molecule has 0 spiro atoms. The van der Waals surface area contributed by atoms with E-state index in [-0.39, 0.29) is 0 Å². The fourth-order valence-corrected chi connectivity index (χ4v) is 1.98. The maximum atomic E-state index is 5.47. The van der Waals surface area contributed by atoms with E-state index in [1.165, 1.54) is 11.1 Å². The molecular formula is C14H22N2S. The largest absolute Gasteiger partial charge is 0.393 e. The van der Waals surface area contributed by atoms with E-state index in [2.05, 4.69) is 43.1 Å². The van der Waals surface area contributed by atoms with Gasteiger partial charge in [0.1, 0.15) is 0 Å². The van der Waals surface area contributed by atoms with E-state index in [4.69, 9.17) is 18.0 Å². The molecule has 0 saturated heterocycles. The summed E-state index contributed by atoms with van der Waals surface area (Å²) in [6.45, 7) is 4.27. The molecule has 0 saturated carbocycles. The van der Waals surface area contributed by atoms with E-state index >= 15 is 0 Å². The third-order valence-electron chi connectivity index (χ3n) is 2.91. The summed E-state index contributed by atoms with van der Waals surface area (Å²) in [5.74, 6) is 0. The molecule has 0 bridgehead atoms.